The van der Waals surface area contributed by atoms with E-state index in [2.05, 4.69) is 4.98 Å². The van der Waals surface area contributed by atoms with Gasteiger partial charge in [0.05, 0.1) is 10.5 Å². The van der Waals surface area contributed by atoms with Crippen molar-refractivity contribution in [1.82, 2.24) is 4.98 Å². The molecule has 0 spiro atoms. The summed E-state index contributed by atoms with van der Waals surface area (Å²) >= 11 is 11.8. The third kappa shape index (κ3) is 1.43. The van der Waals surface area contributed by atoms with E-state index in [1.54, 1.807) is 24.4 Å². The van der Waals surface area contributed by atoms with Gasteiger partial charge in [-0.05, 0) is 18.2 Å². The number of benzene rings is 1. The highest BCUT2D eigenvalue weighted by Gasteiger charge is 2.04. The van der Waals surface area contributed by atoms with Crippen molar-refractivity contribution >= 4 is 39.8 Å². The van der Waals surface area contributed by atoms with Crippen molar-refractivity contribution in [3.8, 4) is 0 Å². The summed E-state index contributed by atoms with van der Waals surface area (Å²) in [4.78, 5) is 4.11. The monoisotopic (exact) mass is 212 g/mol. The molecule has 0 unspecified atom stereocenters. The Morgan fingerprint density at radius 2 is 2.00 bits per heavy atom. The highest BCUT2D eigenvalue weighted by molar-refractivity contribution is 6.38. The lowest BCUT2D eigenvalue weighted by Gasteiger charge is -2.02. The largest absolute Gasteiger partial charge is 0.398 e. The van der Waals surface area contributed by atoms with Gasteiger partial charge < -0.3 is 5.73 Å². The van der Waals surface area contributed by atoms with Gasteiger partial charge in [-0.1, -0.05) is 23.2 Å². The van der Waals surface area contributed by atoms with Crippen LogP contribution in [0.25, 0.3) is 10.9 Å². The van der Waals surface area contributed by atoms with Crippen LogP contribution in [0.2, 0.25) is 10.0 Å². The van der Waals surface area contributed by atoms with Crippen LogP contribution in [-0.4, -0.2) is 4.98 Å². The highest BCUT2D eigenvalue weighted by Crippen LogP contribution is 2.29. The maximum atomic E-state index is 5.93. The number of fused-ring (bicyclic) bond motifs is 1. The van der Waals surface area contributed by atoms with E-state index in [1.807, 2.05) is 0 Å². The molecule has 2 rings (SSSR count). The number of nitrogens with two attached hydrogens (primary N) is 1. The number of pyridine rings is 1. The first kappa shape index (κ1) is 8.60. The third-order valence-electron chi connectivity index (χ3n) is 1.80. The normalized spacial score (nSPS) is 10.6. The first-order valence-electron chi connectivity index (χ1n) is 3.68. The second kappa shape index (κ2) is 3.05. The first-order valence-corrected chi connectivity index (χ1v) is 4.43. The number of nitrogens with zero attached hydrogens (tertiary/aromatic N) is 1. The first-order chi connectivity index (χ1) is 6.18. The molecule has 0 aliphatic carbocycles. The molecule has 0 fully saturated rings. The van der Waals surface area contributed by atoms with Crippen LogP contribution in [0.5, 0.6) is 0 Å². The molecule has 0 atom stereocenters. The van der Waals surface area contributed by atoms with Gasteiger partial charge in [-0.15, -0.1) is 0 Å². The van der Waals surface area contributed by atoms with Gasteiger partial charge in [-0.25, -0.2) is 0 Å². The Hall–Kier alpha value is -0.990. The fourth-order valence-electron chi connectivity index (χ4n) is 1.20. The molecule has 0 bridgehead atoms. The van der Waals surface area contributed by atoms with Crippen molar-refractivity contribution in [3.05, 3.63) is 34.4 Å². The molecular formula is C9H6Cl2N2. The summed E-state index contributed by atoms with van der Waals surface area (Å²) < 4.78 is 0. The van der Waals surface area contributed by atoms with E-state index < -0.39 is 0 Å². The zero-order valence-corrected chi connectivity index (χ0v) is 8.10. The topological polar surface area (TPSA) is 38.9 Å². The Bertz CT molecular complexity index is 468. The molecule has 2 N–H and O–H groups in total. The van der Waals surface area contributed by atoms with Crippen molar-refractivity contribution in [1.29, 1.82) is 0 Å². The fourth-order valence-corrected chi connectivity index (χ4v) is 1.74. The molecule has 1 heterocycles. The molecule has 1 aromatic carbocycles. The molecule has 0 saturated carbocycles. The lowest BCUT2D eigenvalue weighted by molar-refractivity contribution is 1.41. The Morgan fingerprint density at radius 3 is 2.77 bits per heavy atom. The maximum absolute atomic E-state index is 5.93. The molecule has 2 aromatic rings. The van der Waals surface area contributed by atoms with Gasteiger partial charge in [0.2, 0.25) is 0 Å². The minimum absolute atomic E-state index is 0.523. The van der Waals surface area contributed by atoms with Gasteiger partial charge >= 0.3 is 0 Å². The minimum Gasteiger partial charge on any atom is -0.398 e. The summed E-state index contributed by atoms with van der Waals surface area (Å²) in [7, 11) is 0. The Morgan fingerprint density at radius 1 is 1.23 bits per heavy atom. The van der Waals surface area contributed by atoms with Gasteiger partial charge in [0.15, 0.2) is 0 Å². The van der Waals surface area contributed by atoms with Gasteiger partial charge in [0.1, 0.15) is 0 Å². The number of nitrogen functional groups attached to an aromatic ring is 1. The lowest BCUT2D eigenvalue weighted by Crippen LogP contribution is -1.89. The van der Waals surface area contributed by atoms with Crippen molar-refractivity contribution < 1.29 is 0 Å². The Kier molecular flexibility index (Phi) is 2.02. The molecule has 0 aliphatic heterocycles. The molecule has 4 heteroatoms. The van der Waals surface area contributed by atoms with Crippen LogP contribution in [-0.2, 0) is 0 Å². The second-order valence-electron chi connectivity index (χ2n) is 2.68. The van der Waals surface area contributed by atoms with Crippen molar-refractivity contribution in [2.24, 2.45) is 0 Å². The number of hydrogen-bond donors (Lipinski definition) is 1. The molecule has 0 radical (unpaired) electrons. The van der Waals surface area contributed by atoms with Gasteiger partial charge in [0, 0.05) is 22.3 Å². The van der Waals surface area contributed by atoms with E-state index in [0.717, 1.165) is 5.39 Å². The van der Waals surface area contributed by atoms with Gasteiger partial charge in [0.25, 0.3) is 0 Å². The summed E-state index contributed by atoms with van der Waals surface area (Å²) in [5, 5.41) is 1.88. The fraction of sp³-hybridized carbons (Fsp3) is 0. The zero-order chi connectivity index (χ0) is 9.42. The summed E-state index contributed by atoms with van der Waals surface area (Å²) in [6.07, 6.45) is 1.62. The third-order valence-corrected chi connectivity index (χ3v) is 2.30. The van der Waals surface area contributed by atoms with E-state index in [1.165, 1.54) is 0 Å². The number of aromatic nitrogens is 1. The average molecular weight is 213 g/mol. The molecule has 1 aromatic heterocycles. The number of hydrogen-bond acceptors (Lipinski definition) is 2. The smallest absolute Gasteiger partial charge is 0.0909 e. The summed E-state index contributed by atoms with van der Waals surface area (Å²) in [5.74, 6) is 0. The zero-order valence-electron chi connectivity index (χ0n) is 6.59. The number of rotatable bonds is 0. The summed E-state index contributed by atoms with van der Waals surface area (Å²) in [6.45, 7) is 0. The summed E-state index contributed by atoms with van der Waals surface area (Å²) in [5.41, 5.74) is 7.06. The van der Waals surface area contributed by atoms with Gasteiger partial charge in [-0.3, -0.25) is 4.98 Å². The quantitative estimate of drug-likeness (QED) is 0.730. The van der Waals surface area contributed by atoms with Crippen molar-refractivity contribution in [2.45, 2.75) is 0 Å². The molecule has 0 saturated heterocycles. The molecule has 13 heavy (non-hydrogen) atoms. The van der Waals surface area contributed by atoms with Crippen LogP contribution in [0.4, 0.5) is 5.69 Å². The Balaban J connectivity index is 2.94. The highest BCUT2D eigenvalue weighted by atomic mass is 35.5. The van der Waals surface area contributed by atoms with E-state index in [9.17, 15) is 0 Å². The van der Waals surface area contributed by atoms with Crippen LogP contribution in [0.3, 0.4) is 0 Å². The molecule has 2 nitrogen and oxygen atoms in total. The van der Waals surface area contributed by atoms with Crippen LogP contribution < -0.4 is 5.73 Å². The summed E-state index contributed by atoms with van der Waals surface area (Å²) in [6, 6.07) is 5.12. The van der Waals surface area contributed by atoms with Crippen LogP contribution in [0.15, 0.2) is 24.4 Å². The van der Waals surface area contributed by atoms with Crippen LogP contribution in [0, 0.1) is 0 Å². The van der Waals surface area contributed by atoms with E-state index in [4.69, 9.17) is 28.9 Å². The van der Waals surface area contributed by atoms with Crippen molar-refractivity contribution in [3.63, 3.8) is 0 Å². The number of halogens is 2. The predicted molar refractivity (Wildman–Crippen MR) is 56.2 cm³/mol. The predicted octanol–water partition coefficient (Wildman–Crippen LogP) is 3.12. The maximum Gasteiger partial charge on any atom is 0.0909 e. The molecular weight excluding hydrogens is 207 g/mol. The van der Waals surface area contributed by atoms with E-state index >= 15 is 0 Å². The second-order valence-corrected chi connectivity index (χ2v) is 3.53. The number of anilines is 1. The van der Waals surface area contributed by atoms with E-state index in [0.29, 0.717) is 21.2 Å². The van der Waals surface area contributed by atoms with Gasteiger partial charge in [-0.2, -0.15) is 0 Å². The average Bonchev–Trinajstić information content (AvgIpc) is 2.07. The molecule has 66 valence electrons. The van der Waals surface area contributed by atoms with E-state index in [-0.39, 0.29) is 0 Å². The lowest BCUT2D eigenvalue weighted by atomic mass is 10.2. The minimum atomic E-state index is 0.523. The SMILES string of the molecule is Nc1ccnc2c(Cl)cc(Cl)cc12. The standard InChI is InChI=1S/C9H6Cl2N2/c10-5-3-6-8(12)1-2-13-9(6)7(11)4-5/h1-4H,(H2,12,13). The Labute approximate surface area is 85.3 Å². The van der Waals surface area contributed by atoms with Crippen LogP contribution >= 0.6 is 23.2 Å². The van der Waals surface area contributed by atoms with Crippen LogP contribution in [0.1, 0.15) is 0 Å². The molecule has 0 amide bonds. The van der Waals surface area contributed by atoms with Crippen molar-refractivity contribution in [2.75, 3.05) is 5.73 Å². The molecule has 0 aliphatic rings.